The third-order valence-electron chi connectivity index (χ3n) is 4.62. The molecule has 0 heterocycles. The highest BCUT2D eigenvalue weighted by Crippen LogP contribution is 2.21. The van der Waals surface area contributed by atoms with Crippen LogP contribution in [0.5, 0.6) is 5.75 Å². The van der Waals surface area contributed by atoms with Gasteiger partial charge in [-0.25, -0.2) is 0 Å². The number of hydrogen-bond acceptors (Lipinski definition) is 4. The molecular weight excluding hydrogens is 537 g/mol. The van der Waals surface area contributed by atoms with Gasteiger partial charge in [-0.3, -0.25) is 14.9 Å². The molecule has 3 aromatic carbocycles. The number of nitrogens with one attached hydrogen (secondary N) is 2. The minimum Gasteiger partial charge on any atom is -0.496 e. The van der Waals surface area contributed by atoms with Crippen LogP contribution in [-0.4, -0.2) is 36.0 Å². The van der Waals surface area contributed by atoms with E-state index in [9.17, 15) is 9.59 Å². The molecule has 0 radical (unpaired) electrons. The molecule has 164 valence electrons. The second-order valence-electron chi connectivity index (χ2n) is 6.99. The Balaban J connectivity index is 1.62. The first-order valence-electron chi connectivity index (χ1n) is 9.72. The lowest BCUT2D eigenvalue weighted by molar-refractivity contribution is 0.0785. The van der Waals surface area contributed by atoms with Gasteiger partial charge in [0.05, 0.1) is 10.7 Å². The summed E-state index contributed by atoms with van der Waals surface area (Å²) >= 11 is 7.38. The monoisotopic (exact) mass is 559 g/mol. The van der Waals surface area contributed by atoms with Gasteiger partial charge >= 0.3 is 0 Å². The van der Waals surface area contributed by atoms with Crippen LogP contribution in [-0.2, 0) is 6.54 Å². The molecule has 0 aliphatic carbocycles. The van der Waals surface area contributed by atoms with Gasteiger partial charge in [0.25, 0.3) is 11.8 Å². The average Bonchev–Trinajstić information content (AvgIpc) is 2.79. The van der Waals surface area contributed by atoms with Gasteiger partial charge in [0.15, 0.2) is 5.11 Å². The molecule has 0 aliphatic heterocycles. The van der Waals surface area contributed by atoms with Crippen LogP contribution in [0.2, 0.25) is 0 Å². The molecule has 0 aliphatic rings. The Morgan fingerprint density at radius 3 is 2.44 bits per heavy atom. The Labute approximate surface area is 206 Å². The van der Waals surface area contributed by atoms with E-state index >= 15 is 0 Å². The highest BCUT2D eigenvalue weighted by atomic mass is 127. The van der Waals surface area contributed by atoms with Crippen LogP contribution in [0.15, 0.2) is 72.8 Å². The Morgan fingerprint density at radius 2 is 1.75 bits per heavy atom. The molecule has 3 aromatic rings. The number of benzene rings is 3. The number of carbonyl (C=O) groups is 2. The minimum absolute atomic E-state index is 0.111. The molecule has 0 aromatic heterocycles. The van der Waals surface area contributed by atoms with E-state index in [2.05, 4.69) is 33.2 Å². The Kier molecular flexibility index (Phi) is 8.18. The lowest BCUT2D eigenvalue weighted by Crippen LogP contribution is -2.34. The SMILES string of the molecule is COc1ccc(C(=O)NC(=S)Nc2cccc(C(=O)N(C)Cc3ccccc3)c2)cc1I. The van der Waals surface area contributed by atoms with E-state index in [0.717, 1.165) is 9.13 Å². The quantitative estimate of drug-likeness (QED) is 0.339. The van der Waals surface area contributed by atoms with Crippen molar-refractivity contribution in [2.75, 3.05) is 19.5 Å². The molecule has 0 fully saturated rings. The highest BCUT2D eigenvalue weighted by Gasteiger charge is 2.14. The van der Waals surface area contributed by atoms with Crippen LogP contribution < -0.4 is 15.4 Å². The van der Waals surface area contributed by atoms with Crippen LogP contribution >= 0.6 is 34.8 Å². The maximum absolute atomic E-state index is 12.8. The first-order valence-corrected chi connectivity index (χ1v) is 11.2. The van der Waals surface area contributed by atoms with Gasteiger partial charge in [-0.05, 0) is 76.8 Å². The number of anilines is 1. The summed E-state index contributed by atoms with van der Waals surface area (Å²) < 4.78 is 6.03. The largest absolute Gasteiger partial charge is 0.496 e. The van der Waals surface area contributed by atoms with E-state index in [1.165, 1.54) is 0 Å². The summed E-state index contributed by atoms with van der Waals surface area (Å²) in [6.07, 6.45) is 0. The first kappa shape index (κ1) is 23.7. The number of ether oxygens (including phenoxy) is 1. The summed E-state index contributed by atoms with van der Waals surface area (Å²) in [6, 6.07) is 21.9. The van der Waals surface area contributed by atoms with Crippen molar-refractivity contribution in [1.29, 1.82) is 0 Å². The number of amides is 2. The van der Waals surface area contributed by atoms with Gasteiger partial charge in [-0.15, -0.1) is 0 Å². The van der Waals surface area contributed by atoms with Gasteiger partial charge in [-0.1, -0.05) is 36.4 Å². The fraction of sp³-hybridized carbons (Fsp3) is 0.125. The van der Waals surface area contributed by atoms with Crippen LogP contribution in [0, 0.1) is 3.57 Å². The Bertz CT molecular complexity index is 1140. The zero-order valence-corrected chi connectivity index (χ0v) is 20.6. The van der Waals surface area contributed by atoms with E-state index in [1.54, 1.807) is 61.5 Å². The smallest absolute Gasteiger partial charge is 0.257 e. The van der Waals surface area contributed by atoms with Gasteiger partial charge in [0.2, 0.25) is 0 Å². The lowest BCUT2D eigenvalue weighted by Gasteiger charge is -2.18. The number of rotatable bonds is 6. The van der Waals surface area contributed by atoms with Crippen LogP contribution in [0.1, 0.15) is 26.3 Å². The van der Waals surface area contributed by atoms with Gasteiger partial charge in [0.1, 0.15) is 5.75 Å². The topological polar surface area (TPSA) is 70.7 Å². The standard InChI is InChI=1S/C24H22IN3O3S/c1-28(15-16-7-4-3-5-8-16)23(30)18-9-6-10-19(13-18)26-24(32)27-22(29)17-11-12-21(31-2)20(25)14-17/h3-14H,15H2,1-2H3,(H2,26,27,29,32). The van der Waals surface area contributed by atoms with E-state index in [0.29, 0.717) is 29.1 Å². The number of nitrogens with zero attached hydrogens (tertiary/aromatic N) is 1. The number of methoxy groups -OCH3 is 1. The Morgan fingerprint density at radius 1 is 1.00 bits per heavy atom. The highest BCUT2D eigenvalue weighted by molar-refractivity contribution is 14.1. The number of carbonyl (C=O) groups excluding carboxylic acids is 2. The molecule has 0 saturated carbocycles. The summed E-state index contributed by atoms with van der Waals surface area (Å²) in [5.41, 5.74) is 2.64. The second-order valence-corrected chi connectivity index (χ2v) is 8.56. The fourth-order valence-corrected chi connectivity index (χ4v) is 3.97. The van der Waals surface area contributed by atoms with Crippen molar-refractivity contribution in [3.05, 3.63) is 93.1 Å². The van der Waals surface area contributed by atoms with Crippen LogP contribution in [0.25, 0.3) is 0 Å². The third kappa shape index (κ3) is 6.27. The van der Waals surface area contributed by atoms with E-state index in [1.807, 2.05) is 30.3 Å². The maximum atomic E-state index is 12.8. The van der Waals surface area contributed by atoms with Crippen molar-refractivity contribution in [3.63, 3.8) is 0 Å². The molecule has 2 amide bonds. The summed E-state index contributed by atoms with van der Waals surface area (Å²) in [4.78, 5) is 27.0. The number of thiocarbonyl (C=S) groups is 1. The average molecular weight is 559 g/mol. The molecule has 0 atom stereocenters. The molecule has 32 heavy (non-hydrogen) atoms. The molecule has 0 saturated heterocycles. The molecule has 6 nitrogen and oxygen atoms in total. The summed E-state index contributed by atoms with van der Waals surface area (Å²) in [5.74, 6) is 0.250. The normalized spacial score (nSPS) is 10.2. The zero-order chi connectivity index (χ0) is 23.1. The number of hydrogen-bond donors (Lipinski definition) is 2. The molecule has 3 rings (SSSR count). The van der Waals surface area contributed by atoms with Crippen molar-refractivity contribution in [2.45, 2.75) is 6.54 Å². The van der Waals surface area contributed by atoms with Crippen molar-refractivity contribution in [1.82, 2.24) is 10.2 Å². The van der Waals surface area contributed by atoms with E-state index in [-0.39, 0.29) is 16.9 Å². The molecule has 0 unspecified atom stereocenters. The zero-order valence-electron chi connectivity index (χ0n) is 17.6. The Hall–Kier alpha value is -2.98. The third-order valence-corrected chi connectivity index (χ3v) is 5.66. The van der Waals surface area contributed by atoms with E-state index in [4.69, 9.17) is 17.0 Å². The predicted octanol–water partition coefficient (Wildman–Crippen LogP) is 4.70. The molecule has 0 spiro atoms. The summed E-state index contributed by atoms with van der Waals surface area (Å²) in [6.45, 7) is 0.506. The van der Waals surface area contributed by atoms with E-state index < -0.39 is 0 Å². The van der Waals surface area contributed by atoms with Gasteiger partial charge in [-0.2, -0.15) is 0 Å². The lowest BCUT2D eigenvalue weighted by atomic mass is 10.1. The maximum Gasteiger partial charge on any atom is 0.257 e. The van der Waals surface area contributed by atoms with Crippen molar-refractivity contribution in [2.24, 2.45) is 0 Å². The van der Waals surface area contributed by atoms with Crippen molar-refractivity contribution >= 4 is 57.4 Å². The van der Waals surface area contributed by atoms with Crippen LogP contribution in [0.4, 0.5) is 5.69 Å². The predicted molar refractivity (Wildman–Crippen MR) is 138 cm³/mol. The van der Waals surface area contributed by atoms with Crippen LogP contribution in [0.3, 0.4) is 0 Å². The summed E-state index contributed by atoms with van der Waals surface area (Å²) in [7, 11) is 3.34. The van der Waals surface area contributed by atoms with Crippen molar-refractivity contribution < 1.29 is 14.3 Å². The molecule has 2 N–H and O–H groups in total. The second kappa shape index (κ2) is 11.1. The molecular formula is C24H22IN3O3S. The van der Waals surface area contributed by atoms with Crippen molar-refractivity contribution in [3.8, 4) is 5.75 Å². The number of halogens is 1. The molecule has 0 bridgehead atoms. The van der Waals surface area contributed by atoms with Gasteiger partial charge < -0.3 is 15.0 Å². The molecule has 8 heteroatoms. The summed E-state index contributed by atoms with van der Waals surface area (Å²) in [5, 5.41) is 5.76. The minimum atomic E-state index is -0.335. The van der Waals surface area contributed by atoms with Gasteiger partial charge in [0, 0.05) is 30.4 Å². The fourth-order valence-electron chi connectivity index (χ4n) is 3.02. The first-order chi connectivity index (χ1) is 15.4.